The van der Waals surface area contributed by atoms with E-state index in [0.29, 0.717) is 12.3 Å². The Kier molecular flexibility index (Phi) is 1.83. The zero-order valence-electron chi connectivity index (χ0n) is 7.07. The van der Waals surface area contributed by atoms with E-state index >= 15 is 0 Å². The number of fused-ring (bicyclic) bond motifs is 1. The van der Waals surface area contributed by atoms with E-state index in [1.807, 2.05) is 0 Å². The molecule has 2 fully saturated rings. The van der Waals surface area contributed by atoms with Crippen molar-refractivity contribution in [2.75, 3.05) is 0 Å². The molecule has 2 rings (SSSR count). The molecular weight excluding hydrogens is 154 g/mol. The average molecular weight is 169 g/mol. The second kappa shape index (κ2) is 2.73. The summed E-state index contributed by atoms with van der Waals surface area (Å²) >= 11 is 0. The van der Waals surface area contributed by atoms with Crippen molar-refractivity contribution in [1.29, 1.82) is 0 Å². The molecule has 2 saturated carbocycles. The van der Waals surface area contributed by atoms with E-state index in [1.54, 1.807) is 0 Å². The zero-order valence-corrected chi connectivity index (χ0v) is 7.07. The third-order valence-corrected chi connectivity index (χ3v) is 3.25. The summed E-state index contributed by atoms with van der Waals surface area (Å²) in [5.41, 5.74) is 5.46. The smallest absolute Gasteiger partial charge is 0.320 e. The van der Waals surface area contributed by atoms with Gasteiger partial charge in [-0.2, -0.15) is 0 Å². The molecule has 3 atom stereocenters. The van der Waals surface area contributed by atoms with Gasteiger partial charge in [0.15, 0.2) is 0 Å². The third kappa shape index (κ3) is 1.46. The highest BCUT2D eigenvalue weighted by Gasteiger charge is 2.46. The molecule has 2 aliphatic rings. The van der Waals surface area contributed by atoms with Crippen LogP contribution in [-0.4, -0.2) is 17.1 Å². The van der Waals surface area contributed by atoms with Crippen molar-refractivity contribution in [3.05, 3.63) is 0 Å². The van der Waals surface area contributed by atoms with Gasteiger partial charge in [-0.05, 0) is 43.4 Å². The molecule has 2 unspecified atom stereocenters. The van der Waals surface area contributed by atoms with Crippen LogP contribution in [-0.2, 0) is 4.79 Å². The number of hydrogen-bond donors (Lipinski definition) is 2. The number of rotatable bonds is 3. The first kappa shape index (κ1) is 8.05. The normalized spacial score (nSPS) is 40.6. The van der Waals surface area contributed by atoms with E-state index in [2.05, 4.69) is 0 Å². The maximum atomic E-state index is 10.5. The minimum absolute atomic E-state index is 0.597. The van der Waals surface area contributed by atoms with Gasteiger partial charge in [0.1, 0.15) is 6.04 Å². The molecule has 0 spiro atoms. The number of hydrogen-bond acceptors (Lipinski definition) is 2. The molecule has 3 N–H and O–H groups in total. The van der Waals surface area contributed by atoms with Gasteiger partial charge in [-0.3, -0.25) is 4.79 Å². The van der Waals surface area contributed by atoms with E-state index in [1.165, 1.54) is 19.3 Å². The van der Waals surface area contributed by atoms with E-state index in [0.717, 1.165) is 11.8 Å². The van der Waals surface area contributed by atoms with E-state index < -0.39 is 12.0 Å². The Hall–Kier alpha value is -0.570. The fourth-order valence-corrected chi connectivity index (χ4v) is 2.49. The lowest BCUT2D eigenvalue weighted by Crippen LogP contribution is -2.32. The Bertz CT molecular complexity index is 195. The van der Waals surface area contributed by atoms with Crippen LogP contribution >= 0.6 is 0 Å². The van der Waals surface area contributed by atoms with Gasteiger partial charge in [-0.25, -0.2) is 0 Å². The van der Waals surface area contributed by atoms with Crippen LogP contribution in [0.4, 0.5) is 0 Å². The van der Waals surface area contributed by atoms with Gasteiger partial charge in [0.25, 0.3) is 0 Å². The predicted octanol–water partition coefficient (Wildman–Crippen LogP) is 0.834. The van der Waals surface area contributed by atoms with Crippen LogP contribution in [0.15, 0.2) is 0 Å². The zero-order chi connectivity index (χ0) is 8.72. The standard InChI is InChI=1S/C9H15NO2/c10-8(9(11)12)3-5-1-6-4-7(6)2-5/h5-8H,1-4,10H2,(H,11,12)/t5?,6?,7?,8-/m0/s1. The summed E-state index contributed by atoms with van der Waals surface area (Å²) in [6.45, 7) is 0. The first-order valence-corrected chi connectivity index (χ1v) is 4.65. The molecule has 2 aliphatic carbocycles. The lowest BCUT2D eigenvalue weighted by Gasteiger charge is -2.13. The number of carboxylic acids is 1. The summed E-state index contributed by atoms with van der Waals surface area (Å²) in [6.07, 6.45) is 4.53. The summed E-state index contributed by atoms with van der Waals surface area (Å²) in [5.74, 6) is 1.60. The molecular formula is C9H15NO2. The molecule has 0 saturated heterocycles. The van der Waals surface area contributed by atoms with Crippen molar-refractivity contribution in [3.8, 4) is 0 Å². The molecule has 12 heavy (non-hydrogen) atoms. The Morgan fingerprint density at radius 3 is 2.50 bits per heavy atom. The molecule has 0 radical (unpaired) electrons. The predicted molar refractivity (Wildman–Crippen MR) is 44.5 cm³/mol. The Morgan fingerprint density at radius 2 is 2.00 bits per heavy atom. The van der Waals surface area contributed by atoms with Crippen molar-refractivity contribution < 1.29 is 9.90 Å². The quantitative estimate of drug-likeness (QED) is 0.658. The largest absolute Gasteiger partial charge is 0.480 e. The molecule has 0 aromatic carbocycles. The summed E-state index contributed by atoms with van der Waals surface area (Å²) < 4.78 is 0. The van der Waals surface area contributed by atoms with Crippen molar-refractivity contribution in [2.24, 2.45) is 23.5 Å². The topological polar surface area (TPSA) is 63.3 Å². The van der Waals surface area contributed by atoms with Crippen LogP contribution in [0.5, 0.6) is 0 Å². The van der Waals surface area contributed by atoms with E-state index in [4.69, 9.17) is 10.8 Å². The summed E-state index contributed by atoms with van der Waals surface area (Å²) in [6, 6.07) is -0.632. The lowest BCUT2D eigenvalue weighted by atomic mass is 9.95. The molecule has 0 aliphatic heterocycles. The average Bonchev–Trinajstić information content (AvgIpc) is 2.59. The Morgan fingerprint density at radius 1 is 1.42 bits per heavy atom. The highest BCUT2D eigenvalue weighted by Crippen LogP contribution is 2.55. The molecule has 0 aromatic heterocycles. The lowest BCUT2D eigenvalue weighted by molar-refractivity contribution is -0.138. The molecule has 0 amide bonds. The molecule has 0 aromatic rings. The van der Waals surface area contributed by atoms with Crippen LogP contribution in [0.3, 0.4) is 0 Å². The van der Waals surface area contributed by atoms with Crippen LogP contribution in [0.25, 0.3) is 0 Å². The van der Waals surface area contributed by atoms with Crippen LogP contribution in [0.1, 0.15) is 25.7 Å². The number of aliphatic carboxylic acids is 1. The summed E-state index contributed by atoms with van der Waals surface area (Å²) in [5, 5.41) is 8.59. The molecule has 3 heteroatoms. The van der Waals surface area contributed by atoms with Gasteiger partial charge in [0.05, 0.1) is 0 Å². The molecule has 0 heterocycles. The van der Waals surface area contributed by atoms with Gasteiger partial charge in [-0.1, -0.05) is 0 Å². The molecule has 3 nitrogen and oxygen atoms in total. The molecule has 0 bridgehead atoms. The van der Waals surface area contributed by atoms with Crippen molar-refractivity contribution in [2.45, 2.75) is 31.7 Å². The summed E-state index contributed by atoms with van der Waals surface area (Å²) in [7, 11) is 0. The van der Waals surface area contributed by atoms with Gasteiger partial charge in [0, 0.05) is 0 Å². The van der Waals surface area contributed by atoms with E-state index in [9.17, 15) is 4.79 Å². The Labute approximate surface area is 71.9 Å². The minimum atomic E-state index is -0.851. The fraction of sp³-hybridized carbons (Fsp3) is 0.889. The van der Waals surface area contributed by atoms with Crippen molar-refractivity contribution >= 4 is 5.97 Å². The van der Waals surface area contributed by atoms with Crippen LogP contribution < -0.4 is 5.73 Å². The first-order chi connectivity index (χ1) is 5.66. The summed E-state index contributed by atoms with van der Waals surface area (Å²) in [4.78, 5) is 10.5. The number of carboxylic acid groups (broad SMARTS) is 1. The number of nitrogens with two attached hydrogens (primary N) is 1. The van der Waals surface area contributed by atoms with Crippen LogP contribution in [0, 0.1) is 17.8 Å². The fourth-order valence-electron chi connectivity index (χ4n) is 2.49. The third-order valence-electron chi connectivity index (χ3n) is 3.25. The van der Waals surface area contributed by atoms with Crippen molar-refractivity contribution in [3.63, 3.8) is 0 Å². The monoisotopic (exact) mass is 169 g/mol. The second-order valence-corrected chi connectivity index (χ2v) is 4.27. The first-order valence-electron chi connectivity index (χ1n) is 4.65. The Balaban J connectivity index is 1.76. The van der Waals surface area contributed by atoms with Crippen LogP contribution in [0.2, 0.25) is 0 Å². The molecule has 68 valence electrons. The number of carbonyl (C=O) groups is 1. The maximum absolute atomic E-state index is 10.5. The highest BCUT2D eigenvalue weighted by molar-refractivity contribution is 5.73. The van der Waals surface area contributed by atoms with Gasteiger partial charge < -0.3 is 10.8 Å². The highest BCUT2D eigenvalue weighted by atomic mass is 16.4. The van der Waals surface area contributed by atoms with E-state index in [-0.39, 0.29) is 0 Å². The second-order valence-electron chi connectivity index (χ2n) is 4.27. The maximum Gasteiger partial charge on any atom is 0.320 e. The van der Waals surface area contributed by atoms with Gasteiger partial charge in [-0.15, -0.1) is 0 Å². The minimum Gasteiger partial charge on any atom is -0.480 e. The SMILES string of the molecule is N[C@@H](CC1CC2CC2C1)C(=O)O. The van der Waals surface area contributed by atoms with Crippen molar-refractivity contribution in [1.82, 2.24) is 0 Å². The van der Waals surface area contributed by atoms with Gasteiger partial charge in [0.2, 0.25) is 0 Å². The van der Waals surface area contributed by atoms with Gasteiger partial charge >= 0.3 is 5.97 Å².